The van der Waals surface area contributed by atoms with E-state index < -0.39 is 22.9 Å². The first kappa shape index (κ1) is 18.9. The maximum atomic E-state index is 12.4. The molecule has 0 unspecified atom stereocenters. The Bertz CT molecular complexity index is 807. The summed E-state index contributed by atoms with van der Waals surface area (Å²) in [7, 11) is 1.24. The van der Waals surface area contributed by atoms with Crippen molar-refractivity contribution in [3.63, 3.8) is 0 Å². The van der Waals surface area contributed by atoms with Gasteiger partial charge < -0.3 is 14.8 Å². The number of non-ortho nitro benzene ring substituents is 1. The Balaban J connectivity index is 2.24. The van der Waals surface area contributed by atoms with Crippen molar-refractivity contribution in [2.24, 2.45) is 0 Å². The second-order valence-electron chi connectivity index (χ2n) is 5.44. The molecule has 0 aliphatic carbocycles. The summed E-state index contributed by atoms with van der Waals surface area (Å²) in [6.45, 7) is 1.57. The Labute approximate surface area is 149 Å². The minimum Gasteiger partial charge on any atom is -0.467 e. The lowest BCUT2D eigenvalue weighted by molar-refractivity contribution is -0.384. The van der Waals surface area contributed by atoms with E-state index in [1.165, 1.54) is 19.2 Å². The van der Waals surface area contributed by atoms with Crippen LogP contribution in [0, 0.1) is 10.1 Å². The number of methoxy groups -OCH3 is 1. The van der Waals surface area contributed by atoms with Crippen LogP contribution in [0.25, 0.3) is 0 Å². The molecule has 1 N–H and O–H groups in total. The van der Waals surface area contributed by atoms with Gasteiger partial charge in [0.05, 0.1) is 17.6 Å². The highest BCUT2D eigenvalue weighted by Gasteiger charge is 2.21. The van der Waals surface area contributed by atoms with Gasteiger partial charge in [0, 0.05) is 17.8 Å². The zero-order valence-corrected chi connectivity index (χ0v) is 14.3. The van der Waals surface area contributed by atoms with Gasteiger partial charge in [-0.05, 0) is 18.6 Å². The fourth-order valence-electron chi connectivity index (χ4n) is 2.21. The van der Waals surface area contributed by atoms with Gasteiger partial charge in [0.25, 0.3) is 5.69 Å². The molecule has 0 amide bonds. The van der Waals surface area contributed by atoms with Crippen LogP contribution in [0.1, 0.15) is 22.8 Å². The van der Waals surface area contributed by atoms with Crippen molar-refractivity contribution in [3.05, 3.63) is 69.8 Å². The zero-order chi connectivity index (χ0) is 19.1. The van der Waals surface area contributed by atoms with Crippen molar-refractivity contribution in [1.29, 1.82) is 0 Å². The summed E-state index contributed by atoms with van der Waals surface area (Å²) in [5.41, 5.74) is 0.731. The Morgan fingerprint density at radius 2 is 1.88 bits per heavy atom. The number of esters is 2. The molecule has 1 atom stereocenters. The molecule has 0 radical (unpaired) electrons. The first-order chi connectivity index (χ1) is 12.4. The van der Waals surface area contributed by atoms with E-state index in [-0.39, 0.29) is 23.5 Å². The SMILES string of the molecule is COC(=O)[C@H](C)Nc1ccc([N+](=O)[O-])cc1C(=O)OCc1ccccc1. The fraction of sp³-hybridized carbons (Fsp3) is 0.222. The third-order valence-corrected chi connectivity index (χ3v) is 3.57. The van der Waals surface area contributed by atoms with Crippen LogP contribution in [0.2, 0.25) is 0 Å². The number of ether oxygens (including phenoxy) is 2. The molecule has 0 spiro atoms. The van der Waals surface area contributed by atoms with Gasteiger partial charge in [-0.15, -0.1) is 0 Å². The third-order valence-electron chi connectivity index (χ3n) is 3.57. The molecule has 0 aliphatic heterocycles. The topological polar surface area (TPSA) is 108 Å². The number of nitrogens with one attached hydrogen (secondary N) is 1. The first-order valence-electron chi connectivity index (χ1n) is 7.76. The number of rotatable bonds is 7. The molecule has 2 rings (SSSR count). The molecule has 0 saturated heterocycles. The van der Waals surface area contributed by atoms with Crippen molar-refractivity contribution in [2.45, 2.75) is 19.6 Å². The maximum Gasteiger partial charge on any atom is 0.340 e. The van der Waals surface area contributed by atoms with Crippen molar-refractivity contribution in [3.8, 4) is 0 Å². The van der Waals surface area contributed by atoms with Crippen molar-refractivity contribution < 1.29 is 24.0 Å². The maximum absolute atomic E-state index is 12.4. The third kappa shape index (κ3) is 4.79. The minimum absolute atomic E-state index is 0.0222. The quantitative estimate of drug-likeness (QED) is 0.460. The molecular formula is C18H18N2O6. The van der Waals surface area contributed by atoms with E-state index in [0.29, 0.717) is 0 Å². The number of hydrogen-bond donors (Lipinski definition) is 1. The number of anilines is 1. The molecule has 136 valence electrons. The largest absolute Gasteiger partial charge is 0.467 e. The summed E-state index contributed by atoms with van der Waals surface area (Å²) >= 11 is 0. The summed E-state index contributed by atoms with van der Waals surface area (Å²) in [5, 5.41) is 13.8. The zero-order valence-electron chi connectivity index (χ0n) is 14.3. The Morgan fingerprint density at radius 1 is 1.19 bits per heavy atom. The molecule has 0 aliphatic rings. The Hall–Kier alpha value is -3.42. The molecular weight excluding hydrogens is 340 g/mol. The van der Waals surface area contributed by atoms with Crippen LogP contribution in [0.3, 0.4) is 0 Å². The summed E-state index contributed by atoms with van der Waals surface area (Å²) in [6, 6.07) is 12.0. The van der Waals surface area contributed by atoms with Crippen LogP contribution in [-0.4, -0.2) is 30.0 Å². The van der Waals surface area contributed by atoms with Gasteiger partial charge in [0.2, 0.25) is 0 Å². The van der Waals surface area contributed by atoms with Crippen molar-refractivity contribution >= 4 is 23.3 Å². The van der Waals surface area contributed by atoms with Crippen LogP contribution < -0.4 is 5.32 Å². The van der Waals surface area contributed by atoms with Crippen molar-refractivity contribution in [1.82, 2.24) is 0 Å². The van der Waals surface area contributed by atoms with Gasteiger partial charge in [-0.3, -0.25) is 10.1 Å². The number of benzene rings is 2. The van der Waals surface area contributed by atoms with Gasteiger partial charge in [0.15, 0.2) is 0 Å². The summed E-state index contributed by atoms with van der Waals surface area (Å²) in [5.74, 6) is -1.27. The molecule has 0 aromatic heterocycles. The highest BCUT2D eigenvalue weighted by molar-refractivity contribution is 5.97. The average Bonchev–Trinajstić information content (AvgIpc) is 2.66. The van der Waals surface area contributed by atoms with Crippen LogP contribution in [0.15, 0.2) is 48.5 Å². The van der Waals surface area contributed by atoms with Crippen LogP contribution in [0.5, 0.6) is 0 Å². The summed E-state index contributed by atoms with van der Waals surface area (Å²) in [4.78, 5) is 34.4. The molecule has 0 saturated carbocycles. The number of nitrogens with zero attached hydrogens (tertiary/aromatic N) is 1. The lowest BCUT2D eigenvalue weighted by Gasteiger charge is -2.16. The van der Waals surface area contributed by atoms with E-state index in [1.807, 2.05) is 18.2 Å². The van der Waals surface area contributed by atoms with E-state index in [1.54, 1.807) is 19.1 Å². The second kappa shape index (κ2) is 8.61. The molecule has 8 nitrogen and oxygen atoms in total. The fourth-order valence-corrected chi connectivity index (χ4v) is 2.21. The highest BCUT2D eigenvalue weighted by atomic mass is 16.6. The van der Waals surface area contributed by atoms with Gasteiger partial charge in [-0.25, -0.2) is 9.59 Å². The van der Waals surface area contributed by atoms with E-state index >= 15 is 0 Å². The number of carbonyl (C=O) groups is 2. The van der Waals surface area contributed by atoms with Gasteiger partial charge in [-0.1, -0.05) is 30.3 Å². The smallest absolute Gasteiger partial charge is 0.340 e. The number of nitro groups is 1. The number of nitro benzene ring substituents is 1. The van der Waals surface area contributed by atoms with Crippen LogP contribution >= 0.6 is 0 Å². The first-order valence-corrected chi connectivity index (χ1v) is 7.76. The summed E-state index contributed by atoms with van der Waals surface area (Å²) in [6.07, 6.45) is 0. The van der Waals surface area contributed by atoms with Crippen molar-refractivity contribution in [2.75, 3.05) is 12.4 Å². The Morgan fingerprint density at radius 3 is 2.50 bits per heavy atom. The van der Waals surface area contributed by atoms with E-state index in [2.05, 4.69) is 10.1 Å². The molecule has 0 bridgehead atoms. The minimum atomic E-state index is -0.748. The molecule has 8 heteroatoms. The predicted octanol–water partition coefficient (Wildman–Crippen LogP) is 2.93. The molecule has 2 aromatic rings. The lowest BCUT2D eigenvalue weighted by Crippen LogP contribution is -2.28. The molecule has 0 heterocycles. The normalized spacial score (nSPS) is 11.3. The molecule has 0 fully saturated rings. The van der Waals surface area contributed by atoms with Crippen LogP contribution in [-0.2, 0) is 20.9 Å². The van der Waals surface area contributed by atoms with E-state index in [0.717, 1.165) is 11.6 Å². The molecule has 26 heavy (non-hydrogen) atoms. The van der Waals surface area contributed by atoms with E-state index in [4.69, 9.17) is 4.74 Å². The molecule has 2 aromatic carbocycles. The number of carbonyl (C=O) groups excluding carboxylic acids is 2. The Kier molecular flexibility index (Phi) is 6.26. The van der Waals surface area contributed by atoms with Crippen LogP contribution in [0.4, 0.5) is 11.4 Å². The second-order valence-corrected chi connectivity index (χ2v) is 5.44. The standard InChI is InChI=1S/C18H18N2O6/c1-12(17(21)25-2)19-16-9-8-14(20(23)24)10-15(16)18(22)26-11-13-6-4-3-5-7-13/h3-10,12,19H,11H2,1-2H3/t12-/m0/s1. The predicted molar refractivity (Wildman–Crippen MR) is 93.8 cm³/mol. The van der Waals surface area contributed by atoms with Gasteiger partial charge in [0.1, 0.15) is 12.6 Å². The monoisotopic (exact) mass is 358 g/mol. The summed E-state index contributed by atoms with van der Waals surface area (Å²) < 4.78 is 9.87. The van der Waals surface area contributed by atoms with Gasteiger partial charge >= 0.3 is 11.9 Å². The number of hydrogen-bond acceptors (Lipinski definition) is 7. The average molecular weight is 358 g/mol. The lowest BCUT2D eigenvalue weighted by atomic mass is 10.1. The highest BCUT2D eigenvalue weighted by Crippen LogP contribution is 2.24. The van der Waals surface area contributed by atoms with Gasteiger partial charge in [-0.2, -0.15) is 0 Å². The van der Waals surface area contributed by atoms with E-state index in [9.17, 15) is 19.7 Å².